The molecule has 6 nitrogen and oxygen atoms in total. The second-order valence-corrected chi connectivity index (χ2v) is 3.33. The number of nitrogens with zero attached hydrogens (tertiary/aromatic N) is 1. The first kappa shape index (κ1) is 16.1. The van der Waals surface area contributed by atoms with Crippen molar-refractivity contribution in [2.24, 2.45) is 5.73 Å². The largest absolute Gasteiger partial charge is 0.330 e. The Labute approximate surface area is 106 Å². The van der Waals surface area contributed by atoms with E-state index in [0.29, 0.717) is 13.0 Å². The molecular formula is C12H19N3O3. The summed E-state index contributed by atoms with van der Waals surface area (Å²) in [6.45, 7) is 5.73. The van der Waals surface area contributed by atoms with Crippen molar-refractivity contribution in [3.63, 3.8) is 0 Å². The minimum atomic E-state index is -0.523. The van der Waals surface area contributed by atoms with Crippen LogP contribution in [0, 0.1) is 10.1 Å². The first-order chi connectivity index (χ1) is 8.54. The van der Waals surface area contributed by atoms with Crippen LogP contribution in [0.2, 0.25) is 0 Å². The molecule has 0 heterocycles. The zero-order valence-electron chi connectivity index (χ0n) is 10.9. The summed E-state index contributed by atoms with van der Waals surface area (Å²) >= 11 is 0. The third kappa shape index (κ3) is 4.92. The molecule has 0 aliphatic carbocycles. The van der Waals surface area contributed by atoms with Crippen LogP contribution in [-0.4, -0.2) is 17.4 Å². The van der Waals surface area contributed by atoms with Gasteiger partial charge in [-0.3, -0.25) is 14.9 Å². The predicted molar refractivity (Wildman–Crippen MR) is 71.5 cm³/mol. The van der Waals surface area contributed by atoms with E-state index in [9.17, 15) is 14.9 Å². The molecule has 1 rings (SSSR count). The topological polar surface area (TPSA) is 98.3 Å². The number of nitro groups is 1. The van der Waals surface area contributed by atoms with Crippen LogP contribution in [0.4, 0.5) is 11.4 Å². The van der Waals surface area contributed by atoms with Crippen LogP contribution in [0.25, 0.3) is 0 Å². The van der Waals surface area contributed by atoms with Gasteiger partial charge in [-0.15, -0.1) is 0 Å². The molecule has 0 saturated carbocycles. The van der Waals surface area contributed by atoms with E-state index >= 15 is 0 Å². The maximum atomic E-state index is 10.8. The van der Waals surface area contributed by atoms with Gasteiger partial charge in [0.25, 0.3) is 5.69 Å². The minimum absolute atomic E-state index is 0.110. The van der Waals surface area contributed by atoms with E-state index in [-0.39, 0.29) is 17.3 Å². The Kier molecular flexibility index (Phi) is 7.30. The number of nitrogens with one attached hydrogen (secondary N) is 1. The highest BCUT2D eigenvalue weighted by Crippen LogP contribution is 2.25. The molecule has 0 atom stereocenters. The van der Waals surface area contributed by atoms with Gasteiger partial charge in [-0.1, -0.05) is 19.9 Å². The molecule has 1 aromatic rings. The number of carbonyl (C=O) groups is 1. The molecule has 1 amide bonds. The fraction of sp³-hybridized carbons (Fsp3) is 0.417. The molecule has 0 bridgehead atoms. The smallest absolute Gasteiger partial charge is 0.293 e. The minimum Gasteiger partial charge on any atom is -0.330 e. The van der Waals surface area contributed by atoms with Crippen molar-refractivity contribution in [1.82, 2.24) is 0 Å². The van der Waals surface area contributed by atoms with Crippen molar-refractivity contribution in [2.45, 2.75) is 27.2 Å². The maximum Gasteiger partial charge on any atom is 0.293 e. The normalized spacial score (nSPS) is 9.11. The van der Waals surface area contributed by atoms with Gasteiger partial charge in [0.15, 0.2) is 0 Å². The summed E-state index contributed by atoms with van der Waals surface area (Å²) in [4.78, 5) is 21.1. The summed E-state index contributed by atoms with van der Waals surface area (Å²) in [5.41, 5.74) is 6.24. The Morgan fingerprint density at radius 1 is 1.44 bits per heavy atom. The highest BCUT2D eigenvalue weighted by atomic mass is 16.6. The summed E-state index contributed by atoms with van der Waals surface area (Å²) in [5, 5.41) is 13.2. The van der Waals surface area contributed by atoms with Crippen molar-refractivity contribution in [2.75, 3.05) is 11.9 Å². The monoisotopic (exact) mass is 253 g/mol. The lowest BCUT2D eigenvalue weighted by molar-refractivity contribution is -0.384. The van der Waals surface area contributed by atoms with Gasteiger partial charge >= 0.3 is 0 Å². The second-order valence-electron chi connectivity index (χ2n) is 3.33. The highest BCUT2D eigenvalue weighted by molar-refractivity contribution is 5.91. The van der Waals surface area contributed by atoms with Crippen molar-refractivity contribution in [3.05, 3.63) is 33.9 Å². The van der Waals surface area contributed by atoms with Crippen molar-refractivity contribution < 1.29 is 9.72 Å². The summed E-state index contributed by atoms with van der Waals surface area (Å²) in [6.07, 6.45) is 0.571. The Morgan fingerprint density at radius 2 is 2.06 bits per heavy atom. The van der Waals surface area contributed by atoms with Gasteiger partial charge in [0.2, 0.25) is 5.91 Å². The molecule has 0 saturated heterocycles. The fourth-order valence-electron chi connectivity index (χ4n) is 1.35. The van der Waals surface area contributed by atoms with Gasteiger partial charge in [-0.2, -0.15) is 0 Å². The van der Waals surface area contributed by atoms with Gasteiger partial charge in [0.05, 0.1) is 4.92 Å². The lowest BCUT2D eigenvalue weighted by Crippen LogP contribution is -2.09. The van der Waals surface area contributed by atoms with Crippen LogP contribution in [0.1, 0.15) is 26.3 Å². The molecule has 0 aromatic heterocycles. The predicted octanol–water partition coefficient (Wildman–Crippen LogP) is 2.08. The zero-order valence-corrected chi connectivity index (χ0v) is 10.9. The summed E-state index contributed by atoms with van der Waals surface area (Å²) in [5.74, 6) is -0.338. The first-order valence-electron chi connectivity index (χ1n) is 5.79. The molecule has 0 unspecified atom stereocenters. The van der Waals surface area contributed by atoms with E-state index < -0.39 is 4.92 Å². The van der Waals surface area contributed by atoms with E-state index in [2.05, 4.69) is 5.32 Å². The lowest BCUT2D eigenvalue weighted by atomic mass is 10.1. The third-order valence-electron chi connectivity index (χ3n) is 2.00. The summed E-state index contributed by atoms with van der Waals surface area (Å²) in [7, 11) is 0. The Balaban J connectivity index is 0.00000137. The number of hydrogen-bond donors (Lipinski definition) is 2. The quantitative estimate of drug-likeness (QED) is 0.634. The van der Waals surface area contributed by atoms with Crippen LogP contribution in [0.5, 0.6) is 0 Å². The van der Waals surface area contributed by atoms with E-state index in [1.807, 2.05) is 13.8 Å². The molecule has 0 aliphatic heterocycles. The van der Waals surface area contributed by atoms with Gasteiger partial charge < -0.3 is 11.1 Å². The number of carbonyl (C=O) groups excluding carboxylic acids is 1. The van der Waals surface area contributed by atoms with E-state index in [1.54, 1.807) is 6.07 Å². The van der Waals surface area contributed by atoms with Crippen LogP contribution in [0.15, 0.2) is 18.2 Å². The lowest BCUT2D eigenvalue weighted by Gasteiger charge is -2.05. The molecule has 0 radical (unpaired) electrons. The van der Waals surface area contributed by atoms with Crippen LogP contribution in [0.3, 0.4) is 0 Å². The SMILES string of the molecule is CC.CC(=O)Nc1ccc(CCN)cc1[N+](=O)[O-]. The number of nitro benzene ring substituents is 1. The second kappa shape index (κ2) is 8.19. The van der Waals surface area contributed by atoms with Gasteiger partial charge in [0, 0.05) is 13.0 Å². The Bertz CT molecular complexity index is 419. The first-order valence-corrected chi connectivity index (χ1v) is 5.79. The van der Waals surface area contributed by atoms with Gasteiger partial charge in [0.1, 0.15) is 5.69 Å². The van der Waals surface area contributed by atoms with Crippen LogP contribution < -0.4 is 11.1 Å². The molecule has 0 aliphatic rings. The number of benzene rings is 1. The molecule has 6 heteroatoms. The van der Waals surface area contributed by atoms with E-state index in [4.69, 9.17) is 5.73 Å². The number of amides is 1. The van der Waals surface area contributed by atoms with Crippen molar-refractivity contribution in [1.29, 1.82) is 0 Å². The number of hydrogen-bond acceptors (Lipinski definition) is 4. The molecule has 0 spiro atoms. The van der Waals surface area contributed by atoms with Crippen LogP contribution >= 0.6 is 0 Å². The average molecular weight is 253 g/mol. The molecule has 18 heavy (non-hydrogen) atoms. The molecule has 1 aromatic carbocycles. The van der Waals surface area contributed by atoms with Crippen LogP contribution in [-0.2, 0) is 11.2 Å². The molecular weight excluding hydrogens is 234 g/mol. The Hall–Kier alpha value is -1.95. The Morgan fingerprint density at radius 3 is 2.50 bits per heavy atom. The van der Waals surface area contributed by atoms with Crippen molar-refractivity contribution in [3.8, 4) is 0 Å². The number of rotatable bonds is 4. The van der Waals surface area contributed by atoms with Crippen molar-refractivity contribution >= 4 is 17.3 Å². The summed E-state index contributed by atoms with van der Waals surface area (Å²) < 4.78 is 0. The number of nitrogens with two attached hydrogens (primary N) is 1. The maximum absolute atomic E-state index is 10.8. The standard InChI is InChI=1S/C10H13N3O3.C2H6/c1-7(14)12-9-3-2-8(4-5-11)6-10(9)13(15)16;1-2/h2-3,6H,4-5,11H2,1H3,(H,12,14);1-2H3. The molecule has 100 valence electrons. The number of anilines is 1. The van der Waals surface area contributed by atoms with E-state index in [1.165, 1.54) is 19.1 Å². The third-order valence-corrected chi connectivity index (χ3v) is 2.00. The van der Waals surface area contributed by atoms with Gasteiger partial charge in [-0.25, -0.2) is 0 Å². The zero-order chi connectivity index (χ0) is 14.1. The highest BCUT2D eigenvalue weighted by Gasteiger charge is 2.15. The van der Waals surface area contributed by atoms with E-state index in [0.717, 1.165) is 5.56 Å². The molecule has 0 fully saturated rings. The fourth-order valence-corrected chi connectivity index (χ4v) is 1.35. The van der Waals surface area contributed by atoms with Gasteiger partial charge in [-0.05, 0) is 24.6 Å². The molecule has 3 N–H and O–H groups in total. The average Bonchev–Trinajstić information content (AvgIpc) is 2.33. The summed E-state index contributed by atoms with van der Waals surface area (Å²) in [6, 6.07) is 4.66.